The van der Waals surface area contributed by atoms with Crippen molar-refractivity contribution < 1.29 is 38.7 Å². The summed E-state index contributed by atoms with van der Waals surface area (Å²) in [5, 5.41) is 28.4. The van der Waals surface area contributed by atoms with Gasteiger partial charge in [-0.05, 0) is 44.4 Å². The summed E-state index contributed by atoms with van der Waals surface area (Å²) in [6.45, 7) is 4.79. The summed E-state index contributed by atoms with van der Waals surface area (Å²) in [6, 6.07) is 6.89. The number of nitrogens with zero attached hydrogens (tertiary/aromatic N) is 1. The average molecular weight is 585 g/mol. The van der Waals surface area contributed by atoms with Gasteiger partial charge < -0.3 is 34.5 Å². The Kier molecular flexibility index (Phi) is 6.46. The van der Waals surface area contributed by atoms with Crippen LogP contribution in [0.15, 0.2) is 24.3 Å². The highest BCUT2D eigenvalue weighted by molar-refractivity contribution is 6.00. The summed E-state index contributed by atoms with van der Waals surface area (Å²) in [6.07, 6.45) is 1.91. The Morgan fingerprint density at radius 2 is 1.83 bits per heavy atom. The zero-order valence-corrected chi connectivity index (χ0v) is 25.2. The molecule has 6 aliphatic rings. The number of benzene rings is 1. The third-order valence-corrected chi connectivity index (χ3v) is 12.6. The summed E-state index contributed by atoms with van der Waals surface area (Å²) in [5.41, 5.74) is -3.57. The number of para-hydroxylation sites is 1. The molecule has 1 aliphatic heterocycles. The van der Waals surface area contributed by atoms with E-state index in [1.165, 1.54) is 6.92 Å². The van der Waals surface area contributed by atoms with E-state index in [9.17, 15) is 19.8 Å². The summed E-state index contributed by atoms with van der Waals surface area (Å²) in [5.74, 6) is -1.54. The molecule has 1 saturated heterocycles. The van der Waals surface area contributed by atoms with Crippen LogP contribution in [0.5, 0.6) is 0 Å². The van der Waals surface area contributed by atoms with E-state index in [0.717, 1.165) is 0 Å². The Labute approximate surface area is 247 Å². The van der Waals surface area contributed by atoms with Gasteiger partial charge in [0.25, 0.3) is 0 Å². The van der Waals surface area contributed by atoms with E-state index in [1.54, 1.807) is 45.6 Å². The summed E-state index contributed by atoms with van der Waals surface area (Å²) < 4.78 is 25.1. The van der Waals surface area contributed by atoms with Gasteiger partial charge in [-0.2, -0.15) is 0 Å². The monoisotopic (exact) mass is 584 g/mol. The fourth-order valence-corrected chi connectivity index (χ4v) is 11.6. The first-order valence-electron chi connectivity index (χ1n) is 15.4. The van der Waals surface area contributed by atoms with Gasteiger partial charge in [0.15, 0.2) is 0 Å². The number of anilines is 1. The molecule has 7 bridgehead atoms. The summed E-state index contributed by atoms with van der Waals surface area (Å²) in [4.78, 5) is 28.3. The number of likely N-dealkylation sites (N-methyl/N-ethyl adjacent to an activating group) is 1. The van der Waals surface area contributed by atoms with Crippen LogP contribution >= 0.6 is 0 Å². The molecule has 5 aliphatic carbocycles. The minimum atomic E-state index is -1.48. The molecule has 5 saturated carbocycles. The van der Waals surface area contributed by atoms with Gasteiger partial charge in [0.2, 0.25) is 5.91 Å². The molecule has 3 N–H and O–H groups in total. The molecule has 10 heteroatoms. The highest BCUT2D eigenvalue weighted by Crippen LogP contribution is 2.79. The number of aliphatic hydroxyl groups is 2. The fraction of sp³-hybridized carbons (Fsp3) is 0.750. The van der Waals surface area contributed by atoms with Crippen molar-refractivity contribution in [2.75, 3.05) is 39.7 Å². The lowest BCUT2D eigenvalue weighted by atomic mass is 9.44. The molecule has 0 radical (unpaired) electrons. The molecule has 0 aromatic heterocycles. The molecular formula is C32H44N2O8. The number of methoxy groups -OCH3 is 3. The van der Waals surface area contributed by atoms with Crippen LogP contribution in [0.4, 0.5) is 5.69 Å². The quantitative estimate of drug-likeness (QED) is 0.414. The second kappa shape index (κ2) is 9.46. The van der Waals surface area contributed by atoms with Gasteiger partial charge in [-0.15, -0.1) is 0 Å². The second-order valence-electron chi connectivity index (χ2n) is 13.7. The third-order valence-electron chi connectivity index (χ3n) is 12.6. The standard InChI is InChI=1S/C32H44N2O8/c1-6-34-16-29(42-28(36)18-9-7-8-10-21(18)33-17(2)35)12-11-25(40-4)31-23(29)14-20(26(31)34)30(37)15-22(39-3)19-13-24(31)32(30,38)27(19)41-5/h7-10,19-20,22-27,37-38H,6,11-16H2,1-5H3,(H,33,35)/t19-,20+,22+,23+,24-,25+,26-,27+,29-,30+,31+,32+/m1/s1. The van der Waals surface area contributed by atoms with Gasteiger partial charge in [0, 0.05) is 76.3 Å². The van der Waals surface area contributed by atoms with Crippen LogP contribution in [0.2, 0.25) is 0 Å². The molecule has 1 spiro atoms. The second-order valence-corrected chi connectivity index (χ2v) is 13.7. The maximum absolute atomic E-state index is 14.0. The van der Waals surface area contributed by atoms with E-state index in [1.807, 2.05) is 0 Å². The predicted octanol–water partition coefficient (Wildman–Crippen LogP) is 2.22. The first-order valence-corrected chi connectivity index (χ1v) is 15.4. The molecule has 1 aromatic carbocycles. The highest BCUT2D eigenvalue weighted by atomic mass is 16.6. The molecule has 7 rings (SSSR count). The van der Waals surface area contributed by atoms with Crippen molar-refractivity contribution in [2.45, 2.75) is 87.1 Å². The smallest absolute Gasteiger partial charge is 0.340 e. The third kappa shape index (κ3) is 3.21. The number of carbonyl (C=O) groups excluding carboxylic acids is 2. The average Bonchev–Trinajstić information content (AvgIpc) is 3.39. The number of ether oxygens (including phenoxy) is 4. The van der Waals surface area contributed by atoms with Crippen LogP contribution in [-0.2, 0) is 23.7 Å². The number of fused-ring (bicyclic) bond motifs is 2. The Hall–Kier alpha value is -2.08. The van der Waals surface area contributed by atoms with Crippen molar-refractivity contribution in [3.63, 3.8) is 0 Å². The van der Waals surface area contributed by atoms with Gasteiger partial charge in [-0.3, -0.25) is 9.69 Å². The van der Waals surface area contributed by atoms with E-state index in [2.05, 4.69) is 17.1 Å². The largest absolute Gasteiger partial charge is 0.454 e. The Bertz CT molecular complexity index is 1290. The lowest BCUT2D eigenvalue weighted by Gasteiger charge is -2.70. The zero-order valence-electron chi connectivity index (χ0n) is 25.2. The van der Waals surface area contributed by atoms with Gasteiger partial charge in [-0.1, -0.05) is 19.1 Å². The molecule has 1 heterocycles. The predicted molar refractivity (Wildman–Crippen MR) is 152 cm³/mol. The fourth-order valence-electron chi connectivity index (χ4n) is 11.6. The molecule has 230 valence electrons. The van der Waals surface area contributed by atoms with Gasteiger partial charge in [-0.25, -0.2) is 4.79 Å². The molecule has 42 heavy (non-hydrogen) atoms. The lowest BCUT2D eigenvalue weighted by Crippen LogP contribution is -2.83. The van der Waals surface area contributed by atoms with E-state index in [-0.39, 0.29) is 47.8 Å². The van der Waals surface area contributed by atoms with Crippen LogP contribution in [0, 0.1) is 29.1 Å². The van der Waals surface area contributed by atoms with E-state index >= 15 is 0 Å². The SMILES string of the molecule is CCN1C[C@]2(OC(=O)c3ccccc3NC(C)=O)CC[C@H](OC)[C@@]34[C@H]5C[C@@H]6[C@@H](OC)C[C@](O)([C@@H](C[C@@H]23)[C@@H]14)[C@@]5(O)[C@H]6OC. The number of hydrogen-bond acceptors (Lipinski definition) is 9. The maximum Gasteiger partial charge on any atom is 0.340 e. The number of rotatable bonds is 7. The number of piperidine rings is 1. The highest BCUT2D eigenvalue weighted by Gasteiger charge is 2.89. The number of hydrogen-bond donors (Lipinski definition) is 3. The van der Waals surface area contributed by atoms with E-state index < -0.39 is 34.3 Å². The topological polar surface area (TPSA) is 127 Å². The van der Waals surface area contributed by atoms with Crippen molar-refractivity contribution in [2.24, 2.45) is 29.1 Å². The summed E-state index contributed by atoms with van der Waals surface area (Å²) in [7, 11) is 5.05. The van der Waals surface area contributed by atoms with E-state index in [0.29, 0.717) is 56.4 Å². The maximum atomic E-state index is 14.0. The van der Waals surface area contributed by atoms with Crippen molar-refractivity contribution >= 4 is 17.6 Å². The van der Waals surface area contributed by atoms with Crippen LogP contribution in [0.3, 0.4) is 0 Å². The number of amides is 1. The first-order chi connectivity index (χ1) is 20.1. The van der Waals surface area contributed by atoms with Gasteiger partial charge in [0.1, 0.15) is 16.8 Å². The molecule has 10 nitrogen and oxygen atoms in total. The molecule has 12 atom stereocenters. The Balaban J connectivity index is 1.38. The van der Waals surface area contributed by atoms with Crippen molar-refractivity contribution in [1.82, 2.24) is 4.90 Å². The molecule has 0 unspecified atom stereocenters. The van der Waals surface area contributed by atoms with Gasteiger partial charge >= 0.3 is 5.97 Å². The molecule has 1 amide bonds. The van der Waals surface area contributed by atoms with Crippen molar-refractivity contribution in [1.29, 1.82) is 0 Å². The Morgan fingerprint density at radius 3 is 2.50 bits per heavy atom. The Morgan fingerprint density at radius 1 is 1.07 bits per heavy atom. The van der Waals surface area contributed by atoms with E-state index in [4.69, 9.17) is 18.9 Å². The molecule has 1 aromatic rings. The minimum absolute atomic E-state index is 0.0432. The molecular weight excluding hydrogens is 540 g/mol. The number of nitrogens with one attached hydrogen (secondary N) is 1. The zero-order chi connectivity index (χ0) is 29.8. The molecule has 6 fully saturated rings. The van der Waals surface area contributed by atoms with Crippen LogP contribution in [0.25, 0.3) is 0 Å². The summed E-state index contributed by atoms with van der Waals surface area (Å²) >= 11 is 0. The van der Waals surface area contributed by atoms with Crippen LogP contribution in [0.1, 0.15) is 56.3 Å². The van der Waals surface area contributed by atoms with Crippen LogP contribution in [-0.4, -0.2) is 103 Å². The van der Waals surface area contributed by atoms with Crippen molar-refractivity contribution in [3.8, 4) is 0 Å². The number of esters is 1. The van der Waals surface area contributed by atoms with Gasteiger partial charge in [0.05, 0.1) is 29.6 Å². The number of carbonyl (C=O) groups is 2. The van der Waals surface area contributed by atoms with Crippen molar-refractivity contribution in [3.05, 3.63) is 29.8 Å². The normalized spacial score (nSPS) is 48.2. The lowest BCUT2D eigenvalue weighted by molar-refractivity contribution is -0.337. The first kappa shape index (κ1) is 28.7. The van der Waals surface area contributed by atoms with Crippen LogP contribution < -0.4 is 5.32 Å². The number of likely N-dealkylation sites (tertiary alicyclic amines) is 1. The minimum Gasteiger partial charge on any atom is -0.454 e.